The highest BCUT2D eigenvalue weighted by molar-refractivity contribution is 5.75. The van der Waals surface area contributed by atoms with E-state index in [0.717, 1.165) is 6.54 Å². The molecule has 0 saturated heterocycles. The molecule has 0 radical (unpaired) electrons. The third-order valence-electron chi connectivity index (χ3n) is 2.45. The number of likely N-dealkylation sites (N-methyl/N-ethyl adjacent to an activating group) is 1. The lowest BCUT2D eigenvalue weighted by Crippen LogP contribution is -2.42. The number of ether oxygens (including phenoxy) is 1. The molecule has 0 saturated carbocycles. The van der Waals surface area contributed by atoms with E-state index in [-0.39, 0.29) is 12.6 Å². The molecule has 0 spiro atoms. The number of carbonyl (C=O) groups excluding carboxylic acids is 1. The second-order valence-corrected chi connectivity index (χ2v) is 4.17. The normalized spacial score (nSPS) is 12.2. The van der Waals surface area contributed by atoms with Gasteiger partial charge in [0, 0.05) is 33.3 Å². The molecule has 1 unspecified atom stereocenters. The molecule has 0 fully saturated rings. The molecule has 106 valence electrons. The summed E-state index contributed by atoms with van der Waals surface area (Å²) in [7, 11) is 3.58. The standard InChI is InChI=1S/C11H23N3O4/c1-9(10(15)16)8-13-11(17)12-4-5-14(2)6-7-18-3/h9H,4-8H2,1-3H3,(H,15,16)(H2,12,13,17). The van der Waals surface area contributed by atoms with Crippen LogP contribution in [0.25, 0.3) is 0 Å². The first-order valence-corrected chi connectivity index (χ1v) is 5.89. The fourth-order valence-corrected chi connectivity index (χ4v) is 1.11. The van der Waals surface area contributed by atoms with Crippen molar-refractivity contribution in [3.63, 3.8) is 0 Å². The van der Waals surface area contributed by atoms with Gasteiger partial charge in [-0.1, -0.05) is 6.92 Å². The van der Waals surface area contributed by atoms with Crippen molar-refractivity contribution in [2.75, 3.05) is 46.9 Å². The first-order valence-electron chi connectivity index (χ1n) is 5.89. The van der Waals surface area contributed by atoms with Gasteiger partial charge >= 0.3 is 12.0 Å². The van der Waals surface area contributed by atoms with Gasteiger partial charge in [-0.2, -0.15) is 0 Å². The van der Waals surface area contributed by atoms with Crippen molar-refractivity contribution >= 4 is 12.0 Å². The van der Waals surface area contributed by atoms with Crippen LogP contribution in [-0.4, -0.2) is 69.0 Å². The number of carbonyl (C=O) groups is 2. The van der Waals surface area contributed by atoms with Crippen molar-refractivity contribution in [3.8, 4) is 0 Å². The summed E-state index contributed by atoms with van der Waals surface area (Å²) in [6, 6.07) is -0.344. The monoisotopic (exact) mass is 261 g/mol. The van der Waals surface area contributed by atoms with Crippen LogP contribution in [0.5, 0.6) is 0 Å². The number of hydrogen-bond donors (Lipinski definition) is 3. The maximum Gasteiger partial charge on any atom is 0.314 e. The van der Waals surface area contributed by atoms with E-state index in [2.05, 4.69) is 10.6 Å². The Hall–Kier alpha value is -1.34. The highest BCUT2D eigenvalue weighted by Crippen LogP contribution is 1.90. The summed E-state index contributed by atoms with van der Waals surface area (Å²) in [4.78, 5) is 23.9. The van der Waals surface area contributed by atoms with Crippen LogP contribution in [-0.2, 0) is 9.53 Å². The molecule has 0 rings (SSSR count). The summed E-state index contributed by atoms with van der Waals surface area (Å²) < 4.78 is 4.93. The van der Waals surface area contributed by atoms with Gasteiger partial charge in [-0.15, -0.1) is 0 Å². The van der Waals surface area contributed by atoms with Gasteiger partial charge < -0.3 is 25.4 Å². The van der Waals surface area contributed by atoms with E-state index in [9.17, 15) is 9.59 Å². The number of nitrogens with one attached hydrogen (secondary N) is 2. The van der Waals surface area contributed by atoms with E-state index < -0.39 is 11.9 Å². The number of methoxy groups -OCH3 is 1. The average Bonchev–Trinajstić information content (AvgIpc) is 2.33. The number of amides is 2. The molecular weight excluding hydrogens is 238 g/mol. The fraction of sp³-hybridized carbons (Fsp3) is 0.818. The van der Waals surface area contributed by atoms with Gasteiger partial charge in [0.25, 0.3) is 0 Å². The molecule has 0 aromatic carbocycles. The van der Waals surface area contributed by atoms with E-state index in [1.807, 2.05) is 11.9 Å². The van der Waals surface area contributed by atoms with Crippen molar-refractivity contribution in [2.24, 2.45) is 5.92 Å². The van der Waals surface area contributed by atoms with E-state index in [1.54, 1.807) is 14.0 Å². The maximum absolute atomic E-state index is 11.3. The molecule has 0 heterocycles. The number of nitrogens with zero attached hydrogens (tertiary/aromatic N) is 1. The quantitative estimate of drug-likeness (QED) is 0.524. The van der Waals surface area contributed by atoms with Crippen LogP contribution in [0.2, 0.25) is 0 Å². The highest BCUT2D eigenvalue weighted by Gasteiger charge is 2.11. The van der Waals surface area contributed by atoms with Gasteiger partial charge in [-0.25, -0.2) is 4.79 Å². The summed E-state index contributed by atoms with van der Waals surface area (Å²) in [5.74, 6) is -1.50. The molecule has 0 aromatic heterocycles. The lowest BCUT2D eigenvalue weighted by molar-refractivity contribution is -0.140. The Kier molecular flexibility index (Phi) is 8.95. The van der Waals surface area contributed by atoms with Crippen LogP contribution in [0.4, 0.5) is 4.79 Å². The van der Waals surface area contributed by atoms with E-state index in [4.69, 9.17) is 9.84 Å². The molecule has 0 aliphatic rings. The number of carboxylic acid groups (broad SMARTS) is 1. The van der Waals surface area contributed by atoms with E-state index in [1.165, 1.54) is 0 Å². The van der Waals surface area contributed by atoms with Gasteiger partial charge in [-0.3, -0.25) is 4.79 Å². The predicted molar refractivity (Wildman–Crippen MR) is 67.6 cm³/mol. The van der Waals surface area contributed by atoms with Crippen LogP contribution < -0.4 is 10.6 Å². The number of urea groups is 1. The Balaban J connectivity index is 3.56. The molecule has 3 N–H and O–H groups in total. The van der Waals surface area contributed by atoms with E-state index in [0.29, 0.717) is 19.7 Å². The third-order valence-corrected chi connectivity index (χ3v) is 2.45. The van der Waals surface area contributed by atoms with Crippen LogP contribution in [0.15, 0.2) is 0 Å². The van der Waals surface area contributed by atoms with Crippen LogP contribution >= 0.6 is 0 Å². The summed E-state index contributed by atoms with van der Waals surface area (Å²) in [6.45, 7) is 4.34. The zero-order valence-electron chi connectivity index (χ0n) is 11.2. The second-order valence-electron chi connectivity index (χ2n) is 4.17. The average molecular weight is 261 g/mol. The van der Waals surface area contributed by atoms with Crippen molar-refractivity contribution in [1.82, 2.24) is 15.5 Å². The summed E-state index contributed by atoms with van der Waals surface area (Å²) in [5.41, 5.74) is 0. The summed E-state index contributed by atoms with van der Waals surface area (Å²) in [5, 5.41) is 13.8. The highest BCUT2D eigenvalue weighted by atomic mass is 16.5. The molecule has 1 atom stereocenters. The Labute approximate surface area is 107 Å². The molecular formula is C11H23N3O4. The van der Waals surface area contributed by atoms with Crippen molar-refractivity contribution in [2.45, 2.75) is 6.92 Å². The molecule has 2 amide bonds. The number of aliphatic carboxylic acids is 1. The van der Waals surface area contributed by atoms with Crippen molar-refractivity contribution in [1.29, 1.82) is 0 Å². The van der Waals surface area contributed by atoms with Gasteiger partial charge in [0.15, 0.2) is 0 Å². The maximum atomic E-state index is 11.3. The third kappa shape index (κ3) is 8.77. The van der Waals surface area contributed by atoms with Gasteiger partial charge in [0.1, 0.15) is 0 Å². The first kappa shape index (κ1) is 16.7. The first-order chi connectivity index (χ1) is 8.47. The minimum atomic E-state index is -0.922. The number of rotatable bonds is 9. The molecule has 18 heavy (non-hydrogen) atoms. The Morgan fingerprint density at radius 2 is 2.00 bits per heavy atom. The molecule has 0 aliphatic heterocycles. The van der Waals surface area contributed by atoms with Gasteiger partial charge in [0.2, 0.25) is 0 Å². The molecule has 0 aromatic rings. The fourth-order valence-electron chi connectivity index (χ4n) is 1.11. The van der Waals surface area contributed by atoms with Crippen LogP contribution in [0.3, 0.4) is 0 Å². The Bertz CT molecular complexity index is 261. The smallest absolute Gasteiger partial charge is 0.314 e. The second kappa shape index (κ2) is 9.67. The molecule has 0 aliphatic carbocycles. The minimum absolute atomic E-state index is 0.126. The van der Waals surface area contributed by atoms with Gasteiger partial charge in [0.05, 0.1) is 12.5 Å². The number of hydrogen-bond acceptors (Lipinski definition) is 4. The largest absolute Gasteiger partial charge is 0.481 e. The Morgan fingerprint density at radius 3 is 2.56 bits per heavy atom. The lowest BCUT2D eigenvalue weighted by Gasteiger charge is -2.16. The number of carboxylic acids is 1. The lowest BCUT2D eigenvalue weighted by atomic mass is 10.2. The Morgan fingerprint density at radius 1 is 1.33 bits per heavy atom. The summed E-state index contributed by atoms with van der Waals surface area (Å²) in [6.07, 6.45) is 0. The van der Waals surface area contributed by atoms with Gasteiger partial charge in [-0.05, 0) is 7.05 Å². The van der Waals surface area contributed by atoms with Crippen LogP contribution in [0.1, 0.15) is 6.92 Å². The minimum Gasteiger partial charge on any atom is -0.481 e. The predicted octanol–water partition coefficient (Wildman–Crippen LogP) is -0.415. The zero-order chi connectivity index (χ0) is 14.0. The molecule has 7 nitrogen and oxygen atoms in total. The van der Waals surface area contributed by atoms with Crippen molar-refractivity contribution in [3.05, 3.63) is 0 Å². The van der Waals surface area contributed by atoms with Crippen LogP contribution in [0, 0.1) is 5.92 Å². The molecule has 7 heteroatoms. The summed E-state index contributed by atoms with van der Waals surface area (Å²) >= 11 is 0. The SMILES string of the molecule is COCCN(C)CCNC(=O)NCC(C)C(=O)O. The topological polar surface area (TPSA) is 90.9 Å². The zero-order valence-corrected chi connectivity index (χ0v) is 11.2. The van der Waals surface area contributed by atoms with E-state index >= 15 is 0 Å². The van der Waals surface area contributed by atoms with Crippen molar-refractivity contribution < 1.29 is 19.4 Å². The molecule has 0 bridgehead atoms.